The number of anilines is 1. The molecule has 0 aliphatic heterocycles. The maximum Gasteiger partial charge on any atom is 0.315 e. The fourth-order valence-electron chi connectivity index (χ4n) is 2.28. The maximum atomic E-state index is 12.0. The summed E-state index contributed by atoms with van der Waals surface area (Å²) in [5.74, 6) is 1.12. The van der Waals surface area contributed by atoms with Crippen LogP contribution in [0.4, 0.5) is 10.5 Å². The number of urea groups is 1. The minimum absolute atomic E-state index is 0.155. The molecule has 3 amide bonds. The summed E-state index contributed by atoms with van der Waals surface area (Å²) < 4.78 is 10.7. The maximum absolute atomic E-state index is 12.0. The van der Waals surface area contributed by atoms with Gasteiger partial charge in [-0.2, -0.15) is 0 Å². The van der Waals surface area contributed by atoms with Crippen LogP contribution in [0.2, 0.25) is 0 Å². The Morgan fingerprint density at radius 3 is 2.77 bits per heavy atom. The van der Waals surface area contributed by atoms with Crippen LogP contribution in [0.25, 0.3) is 11.1 Å². The van der Waals surface area contributed by atoms with Crippen molar-refractivity contribution in [3.05, 3.63) is 48.2 Å². The van der Waals surface area contributed by atoms with Gasteiger partial charge in [0.1, 0.15) is 11.3 Å². The van der Waals surface area contributed by atoms with E-state index in [2.05, 4.69) is 20.9 Å². The molecule has 8 heteroatoms. The Bertz CT molecular complexity index is 899. The monoisotopic (exact) mass is 356 g/mol. The van der Waals surface area contributed by atoms with Gasteiger partial charge in [0.2, 0.25) is 5.91 Å². The van der Waals surface area contributed by atoms with E-state index in [0.29, 0.717) is 28.4 Å². The number of aromatic nitrogens is 1. The molecule has 0 bridgehead atoms. The minimum Gasteiger partial charge on any atom is -0.467 e. The summed E-state index contributed by atoms with van der Waals surface area (Å²) in [6.07, 6.45) is 1.53. The van der Waals surface area contributed by atoms with E-state index in [1.807, 2.05) is 13.8 Å². The number of fused-ring (bicyclic) bond motifs is 1. The van der Waals surface area contributed by atoms with Gasteiger partial charge in [0.25, 0.3) is 0 Å². The number of hydrogen-bond acceptors (Lipinski definition) is 5. The Morgan fingerprint density at radius 2 is 2.04 bits per heavy atom. The molecule has 2 aromatic heterocycles. The van der Waals surface area contributed by atoms with E-state index in [9.17, 15) is 9.59 Å². The summed E-state index contributed by atoms with van der Waals surface area (Å²) in [4.78, 5) is 28.1. The molecular formula is C18H20N4O4. The van der Waals surface area contributed by atoms with E-state index < -0.39 is 6.03 Å². The normalized spacial score (nSPS) is 10.9. The van der Waals surface area contributed by atoms with Crippen LogP contribution in [0.1, 0.15) is 31.4 Å². The fourth-order valence-corrected chi connectivity index (χ4v) is 2.28. The molecule has 0 radical (unpaired) electrons. The molecule has 0 saturated carbocycles. The van der Waals surface area contributed by atoms with Crippen molar-refractivity contribution in [1.82, 2.24) is 15.6 Å². The third-order valence-corrected chi connectivity index (χ3v) is 3.59. The predicted octanol–water partition coefficient (Wildman–Crippen LogP) is 2.98. The standard InChI is InChI=1S/C18H20N4O4/c1-11(2)17-22-14-8-12(5-6-15(14)26-17)21-16(23)10-20-18(24)19-9-13-4-3-7-25-13/h3-8,11H,9-10H2,1-2H3,(H,21,23)(H2,19,20,24). The van der Waals surface area contributed by atoms with Crippen LogP contribution in [0.3, 0.4) is 0 Å². The average molecular weight is 356 g/mol. The Morgan fingerprint density at radius 1 is 1.19 bits per heavy atom. The first-order valence-electron chi connectivity index (χ1n) is 8.25. The van der Waals surface area contributed by atoms with Crippen molar-refractivity contribution in [2.45, 2.75) is 26.3 Å². The molecule has 8 nitrogen and oxygen atoms in total. The van der Waals surface area contributed by atoms with Crippen LogP contribution in [-0.4, -0.2) is 23.5 Å². The number of benzene rings is 1. The van der Waals surface area contributed by atoms with E-state index in [0.717, 1.165) is 0 Å². The lowest BCUT2D eigenvalue weighted by molar-refractivity contribution is -0.115. The molecule has 0 aliphatic rings. The molecule has 3 N–H and O–H groups in total. The Labute approximate surface area is 150 Å². The van der Waals surface area contributed by atoms with Gasteiger partial charge in [0, 0.05) is 11.6 Å². The highest BCUT2D eigenvalue weighted by Crippen LogP contribution is 2.23. The van der Waals surface area contributed by atoms with Crippen molar-refractivity contribution in [1.29, 1.82) is 0 Å². The molecule has 0 atom stereocenters. The first-order valence-corrected chi connectivity index (χ1v) is 8.25. The first kappa shape index (κ1) is 17.5. The molecule has 26 heavy (non-hydrogen) atoms. The molecule has 2 heterocycles. The van der Waals surface area contributed by atoms with Gasteiger partial charge in [-0.15, -0.1) is 0 Å². The lowest BCUT2D eigenvalue weighted by Gasteiger charge is -2.07. The third kappa shape index (κ3) is 4.41. The number of hydrogen-bond donors (Lipinski definition) is 3. The number of carbonyl (C=O) groups excluding carboxylic acids is 2. The topological polar surface area (TPSA) is 109 Å². The Balaban J connectivity index is 1.49. The fraction of sp³-hybridized carbons (Fsp3) is 0.278. The molecule has 0 spiro atoms. The number of nitrogens with one attached hydrogen (secondary N) is 3. The molecular weight excluding hydrogens is 336 g/mol. The average Bonchev–Trinajstić information content (AvgIpc) is 3.27. The van der Waals surface area contributed by atoms with Crippen molar-refractivity contribution < 1.29 is 18.4 Å². The van der Waals surface area contributed by atoms with Gasteiger partial charge < -0.3 is 24.8 Å². The molecule has 3 aromatic rings. The number of oxazole rings is 1. The molecule has 0 unspecified atom stereocenters. The first-order chi connectivity index (χ1) is 12.5. The number of amides is 3. The van der Waals surface area contributed by atoms with Gasteiger partial charge in [-0.1, -0.05) is 13.8 Å². The van der Waals surface area contributed by atoms with Crippen molar-refractivity contribution in [3.63, 3.8) is 0 Å². The summed E-state index contributed by atoms with van der Waals surface area (Å²) in [7, 11) is 0. The second-order valence-electron chi connectivity index (χ2n) is 6.05. The molecule has 0 fully saturated rings. The van der Waals surface area contributed by atoms with Crippen molar-refractivity contribution in [2.24, 2.45) is 0 Å². The van der Waals surface area contributed by atoms with Gasteiger partial charge >= 0.3 is 6.03 Å². The van der Waals surface area contributed by atoms with Crippen LogP contribution >= 0.6 is 0 Å². The van der Waals surface area contributed by atoms with Crippen molar-refractivity contribution >= 4 is 28.7 Å². The second kappa shape index (κ2) is 7.73. The van der Waals surface area contributed by atoms with Crippen molar-refractivity contribution in [2.75, 3.05) is 11.9 Å². The lowest BCUT2D eigenvalue weighted by Crippen LogP contribution is -2.39. The number of carbonyl (C=O) groups is 2. The predicted molar refractivity (Wildman–Crippen MR) is 95.7 cm³/mol. The Hall–Kier alpha value is -3.29. The number of nitrogens with zero attached hydrogens (tertiary/aromatic N) is 1. The summed E-state index contributed by atoms with van der Waals surface area (Å²) >= 11 is 0. The van der Waals surface area contributed by atoms with E-state index >= 15 is 0 Å². The van der Waals surface area contributed by atoms with Crippen LogP contribution in [0.15, 0.2) is 45.4 Å². The summed E-state index contributed by atoms with van der Waals surface area (Å²) in [5.41, 5.74) is 1.93. The van der Waals surface area contributed by atoms with Gasteiger partial charge in [-0.3, -0.25) is 4.79 Å². The molecule has 1 aromatic carbocycles. The highest BCUT2D eigenvalue weighted by atomic mass is 16.3. The smallest absolute Gasteiger partial charge is 0.315 e. The van der Waals surface area contributed by atoms with E-state index in [4.69, 9.17) is 8.83 Å². The summed E-state index contributed by atoms with van der Waals surface area (Å²) in [6.45, 7) is 4.09. The van der Waals surface area contributed by atoms with Crippen LogP contribution in [0, 0.1) is 0 Å². The summed E-state index contributed by atoms with van der Waals surface area (Å²) in [6, 6.07) is 8.25. The van der Waals surface area contributed by atoms with Crippen LogP contribution in [0.5, 0.6) is 0 Å². The quantitative estimate of drug-likeness (QED) is 0.629. The molecule has 0 saturated heterocycles. The summed E-state index contributed by atoms with van der Waals surface area (Å²) in [5, 5.41) is 7.79. The van der Waals surface area contributed by atoms with Crippen molar-refractivity contribution in [3.8, 4) is 0 Å². The van der Waals surface area contributed by atoms with Crippen LogP contribution in [-0.2, 0) is 11.3 Å². The highest BCUT2D eigenvalue weighted by Gasteiger charge is 2.11. The number of rotatable bonds is 6. The van der Waals surface area contributed by atoms with Gasteiger partial charge in [-0.05, 0) is 30.3 Å². The second-order valence-corrected chi connectivity index (χ2v) is 6.05. The van der Waals surface area contributed by atoms with Gasteiger partial charge in [-0.25, -0.2) is 9.78 Å². The zero-order valence-corrected chi connectivity index (χ0v) is 14.5. The lowest BCUT2D eigenvalue weighted by atomic mass is 10.2. The minimum atomic E-state index is -0.454. The van der Waals surface area contributed by atoms with E-state index in [-0.39, 0.29) is 24.9 Å². The zero-order chi connectivity index (χ0) is 18.5. The van der Waals surface area contributed by atoms with Gasteiger partial charge in [0.05, 0.1) is 19.4 Å². The molecule has 3 rings (SSSR count). The van der Waals surface area contributed by atoms with Crippen LogP contribution < -0.4 is 16.0 Å². The molecule has 0 aliphatic carbocycles. The largest absolute Gasteiger partial charge is 0.467 e. The third-order valence-electron chi connectivity index (χ3n) is 3.59. The van der Waals surface area contributed by atoms with E-state index in [1.165, 1.54) is 6.26 Å². The molecule has 136 valence electrons. The zero-order valence-electron chi connectivity index (χ0n) is 14.5. The number of furan rings is 1. The Kier molecular flexibility index (Phi) is 5.21. The van der Waals surface area contributed by atoms with Gasteiger partial charge in [0.15, 0.2) is 11.5 Å². The highest BCUT2D eigenvalue weighted by molar-refractivity contribution is 5.95. The SMILES string of the molecule is CC(C)c1nc2cc(NC(=O)CNC(=O)NCc3ccco3)ccc2o1. The van der Waals surface area contributed by atoms with E-state index in [1.54, 1.807) is 30.3 Å².